The molecule has 3 N–H and O–H groups in total. The van der Waals surface area contributed by atoms with Crippen LogP contribution in [0.4, 0.5) is 23.7 Å². The largest absolute Gasteiger partial charge is 0.418 e. The molecular weight excluding hydrogens is 389 g/mol. The first-order chi connectivity index (χ1) is 13.6. The van der Waals surface area contributed by atoms with Gasteiger partial charge in [0, 0.05) is 32.2 Å². The zero-order valence-corrected chi connectivity index (χ0v) is 15.8. The van der Waals surface area contributed by atoms with Crippen LogP contribution in [0.2, 0.25) is 0 Å². The molecule has 3 aliphatic rings. The molecule has 0 bridgehead atoms. The summed E-state index contributed by atoms with van der Waals surface area (Å²) in [6, 6.07) is 1.97. The average Bonchev–Trinajstić information content (AvgIpc) is 3.35. The minimum atomic E-state index is -4.49. The summed E-state index contributed by atoms with van der Waals surface area (Å²) in [7, 11) is 1.42. The fourth-order valence-electron chi connectivity index (χ4n) is 4.28. The van der Waals surface area contributed by atoms with E-state index >= 15 is 0 Å². The maximum absolute atomic E-state index is 13.3. The molecule has 10 heteroatoms. The van der Waals surface area contributed by atoms with Crippen LogP contribution >= 0.6 is 0 Å². The summed E-state index contributed by atoms with van der Waals surface area (Å²) in [5, 5.41) is 7.48. The topological polar surface area (TPSA) is 90.5 Å². The van der Waals surface area contributed by atoms with Crippen molar-refractivity contribution >= 4 is 23.5 Å². The molecule has 2 heterocycles. The minimum absolute atomic E-state index is 0.0186. The summed E-state index contributed by atoms with van der Waals surface area (Å²) in [5.41, 5.74) is -0.704. The lowest BCUT2D eigenvalue weighted by Crippen LogP contribution is -2.49. The third-order valence-electron chi connectivity index (χ3n) is 5.97. The van der Waals surface area contributed by atoms with Crippen molar-refractivity contribution in [1.29, 1.82) is 0 Å². The first-order valence-corrected chi connectivity index (χ1v) is 9.46. The van der Waals surface area contributed by atoms with Crippen molar-refractivity contribution in [3.8, 4) is 0 Å². The molecule has 1 aromatic carbocycles. The Balaban J connectivity index is 1.46. The van der Waals surface area contributed by atoms with E-state index in [2.05, 4.69) is 16.0 Å². The van der Waals surface area contributed by atoms with Crippen LogP contribution in [0.1, 0.15) is 42.4 Å². The Morgan fingerprint density at radius 1 is 1.24 bits per heavy atom. The highest BCUT2D eigenvalue weighted by Gasteiger charge is 2.55. The molecule has 1 saturated heterocycles. The van der Waals surface area contributed by atoms with Gasteiger partial charge in [-0.15, -0.1) is 0 Å². The third kappa shape index (κ3) is 3.40. The van der Waals surface area contributed by atoms with Gasteiger partial charge in [-0.05, 0) is 48.4 Å². The van der Waals surface area contributed by atoms with E-state index in [0.29, 0.717) is 11.1 Å². The number of amides is 4. The quantitative estimate of drug-likeness (QED) is 0.650. The Morgan fingerprint density at radius 3 is 2.41 bits per heavy atom. The van der Waals surface area contributed by atoms with Gasteiger partial charge in [-0.2, -0.15) is 13.2 Å². The number of hydrogen-bond acceptors (Lipinski definition) is 4. The van der Waals surface area contributed by atoms with Gasteiger partial charge in [0.05, 0.1) is 5.56 Å². The molecule has 1 atom stereocenters. The van der Waals surface area contributed by atoms with E-state index in [4.69, 9.17) is 0 Å². The summed E-state index contributed by atoms with van der Waals surface area (Å²) in [6.45, 7) is 0.312. The molecule has 1 unspecified atom stereocenters. The zero-order chi connectivity index (χ0) is 21.0. The SMILES string of the molecule is CNc1cc2c(cc1C(F)(F)F)CN(C(=O)CCC1(C3CC3)NC(=O)NC1=O)C2. The van der Waals surface area contributed by atoms with Crippen molar-refractivity contribution in [2.45, 2.75) is 50.5 Å². The number of carbonyl (C=O) groups excluding carboxylic acids is 3. The number of urea groups is 1. The van der Waals surface area contributed by atoms with Crippen LogP contribution in [-0.4, -0.2) is 35.3 Å². The Hall–Kier alpha value is -2.78. The van der Waals surface area contributed by atoms with Gasteiger partial charge >= 0.3 is 12.2 Å². The molecule has 4 rings (SSSR count). The average molecular weight is 410 g/mol. The standard InChI is InChI=1S/C19H21F3N4O3/c1-23-14-7-11-9-26(8-10(11)6-13(14)19(20,21)22)15(27)4-5-18(12-2-3-12)16(28)24-17(29)25-18/h6-7,12,23H,2-5,8-9H2,1H3,(H2,24,25,28,29). The van der Waals surface area contributed by atoms with Crippen LogP contribution in [0.25, 0.3) is 0 Å². The second-order valence-corrected chi connectivity index (χ2v) is 7.82. The molecular formula is C19H21F3N4O3. The van der Waals surface area contributed by atoms with Crippen LogP contribution in [0, 0.1) is 5.92 Å². The van der Waals surface area contributed by atoms with E-state index in [1.165, 1.54) is 18.0 Å². The molecule has 2 fully saturated rings. The van der Waals surface area contributed by atoms with Gasteiger partial charge in [-0.25, -0.2) is 4.79 Å². The van der Waals surface area contributed by atoms with E-state index in [9.17, 15) is 27.6 Å². The Bertz CT molecular complexity index is 897. The molecule has 0 radical (unpaired) electrons. The molecule has 156 valence electrons. The summed E-state index contributed by atoms with van der Waals surface area (Å²) in [6.07, 6.45) is -2.66. The predicted molar refractivity (Wildman–Crippen MR) is 96.6 cm³/mol. The van der Waals surface area contributed by atoms with Crippen molar-refractivity contribution in [2.75, 3.05) is 12.4 Å². The lowest BCUT2D eigenvalue weighted by Gasteiger charge is -2.26. The highest BCUT2D eigenvalue weighted by molar-refractivity contribution is 6.07. The van der Waals surface area contributed by atoms with Gasteiger partial charge in [0.25, 0.3) is 5.91 Å². The molecule has 1 saturated carbocycles. The van der Waals surface area contributed by atoms with Gasteiger partial charge < -0.3 is 15.5 Å². The van der Waals surface area contributed by atoms with E-state index in [0.717, 1.165) is 18.9 Å². The molecule has 7 nitrogen and oxygen atoms in total. The van der Waals surface area contributed by atoms with Crippen LogP contribution in [0.15, 0.2) is 12.1 Å². The van der Waals surface area contributed by atoms with Crippen LogP contribution < -0.4 is 16.0 Å². The van der Waals surface area contributed by atoms with Gasteiger partial charge in [0.15, 0.2) is 0 Å². The molecule has 29 heavy (non-hydrogen) atoms. The number of carbonyl (C=O) groups is 3. The van der Waals surface area contributed by atoms with Crippen molar-refractivity contribution in [2.24, 2.45) is 5.92 Å². The number of rotatable bonds is 5. The maximum Gasteiger partial charge on any atom is 0.418 e. The van der Waals surface area contributed by atoms with E-state index in [1.54, 1.807) is 0 Å². The second-order valence-electron chi connectivity index (χ2n) is 7.82. The second kappa shape index (κ2) is 6.64. The Morgan fingerprint density at radius 2 is 1.90 bits per heavy atom. The molecule has 1 aromatic rings. The van der Waals surface area contributed by atoms with Crippen molar-refractivity contribution in [3.05, 3.63) is 28.8 Å². The van der Waals surface area contributed by atoms with Crippen LogP contribution in [-0.2, 0) is 28.9 Å². The summed E-state index contributed by atoms with van der Waals surface area (Å²) >= 11 is 0. The summed E-state index contributed by atoms with van der Waals surface area (Å²) in [5.74, 6) is -0.643. The van der Waals surface area contributed by atoms with Gasteiger partial charge in [-0.3, -0.25) is 14.9 Å². The number of alkyl halides is 3. The number of nitrogens with one attached hydrogen (secondary N) is 3. The monoisotopic (exact) mass is 410 g/mol. The van der Waals surface area contributed by atoms with Crippen molar-refractivity contribution in [1.82, 2.24) is 15.5 Å². The third-order valence-corrected chi connectivity index (χ3v) is 5.97. The highest BCUT2D eigenvalue weighted by Crippen LogP contribution is 2.44. The molecule has 1 aliphatic carbocycles. The van der Waals surface area contributed by atoms with Crippen LogP contribution in [0.3, 0.4) is 0 Å². The molecule has 0 aromatic heterocycles. The normalized spacial score (nSPS) is 23.7. The number of halogens is 3. The first-order valence-electron chi connectivity index (χ1n) is 9.46. The fourth-order valence-corrected chi connectivity index (χ4v) is 4.28. The first kappa shape index (κ1) is 19.5. The van der Waals surface area contributed by atoms with Crippen molar-refractivity contribution in [3.63, 3.8) is 0 Å². The lowest BCUT2D eigenvalue weighted by atomic mass is 9.88. The predicted octanol–water partition coefficient (Wildman–Crippen LogP) is 2.36. The lowest BCUT2D eigenvalue weighted by molar-refractivity contribution is -0.137. The highest BCUT2D eigenvalue weighted by atomic mass is 19.4. The maximum atomic E-state index is 13.3. The number of hydrogen-bond donors (Lipinski definition) is 3. The minimum Gasteiger partial charge on any atom is -0.388 e. The number of anilines is 1. The van der Waals surface area contributed by atoms with E-state index in [-0.39, 0.29) is 43.4 Å². The van der Waals surface area contributed by atoms with Crippen LogP contribution in [0.5, 0.6) is 0 Å². The van der Waals surface area contributed by atoms with Gasteiger partial charge in [0.2, 0.25) is 5.91 Å². The molecule has 4 amide bonds. The smallest absolute Gasteiger partial charge is 0.388 e. The van der Waals surface area contributed by atoms with Gasteiger partial charge in [0.1, 0.15) is 5.54 Å². The number of benzene rings is 1. The number of nitrogens with zero attached hydrogens (tertiary/aromatic N) is 1. The van der Waals surface area contributed by atoms with E-state index in [1.807, 2.05) is 0 Å². The zero-order valence-electron chi connectivity index (χ0n) is 15.8. The van der Waals surface area contributed by atoms with E-state index < -0.39 is 29.2 Å². The molecule has 0 spiro atoms. The Labute approximate surface area is 165 Å². The fraction of sp³-hybridized carbons (Fsp3) is 0.526. The van der Waals surface area contributed by atoms with Gasteiger partial charge in [-0.1, -0.05) is 0 Å². The summed E-state index contributed by atoms with van der Waals surface area (Å²) in [4.78, 5) is 38.1. The Kier molecular flexibility index (Phi) is 4.47. The molecule has 2 aliphatic heterocycles. The summed E-state index contributed by atoms with van der Waals surface area (Å²) < 4.78 is 39.8. The number of fused-ring (bicyclic) bond motifs is 1. The number of imide groups is 1. The van der Waals surface area contributed by atoms with Crippen molar-refractivity contribution < 1.29 is 27.6 Å².